The number of pyridine rings is 1. The van der Waals surface area contributed by atoms with Crippen molar-refractivity contribution in [2.45, 2.75) is 13.5 Å². The van der Waals surface area contributed by atoms with E-state index < -0.39 is 5.97 Å². The van der Waals surface area contributed by atoms with Gasteiger partial charge in [0.05, 0.1) is 18.2 Å². The third-order valence-corrected chi connectivity index (χ3v) is 3.12. The molecule has 0 saturated carbocycles. The molecule has 2 aromatic heterocycles. The van der Waals surface area contributed by atoms with Gasteiger partial charge in [-0.3, -0.25) is 0 Å². The van der Waals surface area contributed by atoms with E-state index in [0.29, 0.717) is 22.9 Å². The molecule has 2 heterocycles. The Kier molecular flexibility index (Phi) is 3.73. The highest BCUT2D eigenvalue weighted by molar-refractivity contribution is 7.09. The fraction of sp³-hybridized carbons (Fsp3) is 0.167. The first kappa shape index (κ1) is 13.0. The van der Waals surface area contributed by atoms with E-state index >= 15 is 0 Å². The van der Waals surface area contributed by atoms with E-state index in [1.807, 2.05) is 0 Å². The Labute approximate surface area is 113 Å². The van der Waals surface area contributed by atoms with Crippen LogP contribution in [0.2, 0.25) is 0 Å². The fourth-order valence-corrected chi connectivity index (χ4v) is 2.19. The number of nitrogens with one attached hydrogen (secondary N) is 1. The average Bonchev–Trinajstić information content (AvgIpc) is 2.84. The highest BCUT2D eigenvalue weighted by Gasteiger charge is 2.08. The van der Waals surface area contributed by atoms with Gasteiger partial charge in [-0.1, -0.05) is 0 Å². The van der Waals surface area contributed by atoms with Gasteiger partial charge in [0.25, 0.3) is 0 Å². The lowest BCUT2D eigenvalue weighted by molar-refractivity contribution is 0.0691. The molecule has 0 bridgehead atoms. The summed E-state index contributed by atoms with van der Waals surface area (Å²) in [4.78, 5) is 18.9. The van der Waals surface area contributed by atoms with Gasteiger partial charge in [0.1, 0.15) is 10.8 Å². The lowest BCUT2D eigenvalue weighted by Gasteiger charge is -2.04. The standard InChI is InChI=1S/C12H10N4O2S/c1-7-2-8(4-13)3-10(15-7)14-5-11-16-9(6-19-11)12(17)18/h2-3,6H,5H2,1H3,(H,14,15)(H,17,18). The molecule has 0 aromatic carbocycles. The van der Waals surface area contributed by atoms with Gasteiger partial charge in [-0.2, -0.15) is 5.26 Å². The van der Waals surface area contributed by atoms with Crippen molar-refractivity contribution in [3.8, 4) is 6.07 Å². The molecule has 0 spiro atoms. The highest BCUT2D eigenvalue weighted by Crippen LogP contribution is 2.14. The van der Waals surface area contributed by atoms with Crippen molar-refractivity contribution in [3.63, 3.8) is 0 Å². The number of anilines is 1. The molecule has 2 aromatic rings. The van der Waals surface area contributed by atoms with Gasteiger partial charge in [0.15, 0.2) is 5.69 Å². The van der Waals surface area contributed by atoms with Crippen LogP contribution in [0, 0.1) is 18.3 Å². The number of nitriles is 1. The third kappa shape index (κ3) is 3.26. The van der Waals surface area contributed by atoms with Gasteiger partial charge in [0, 0.05) is 11.1 Å². The van der Waals surface area contributed by atoms with Crippen molar-refractivity contribution >= 4 is 23.1 Å². The summed E-state index contributed by atoms with van der Waals surface area (Å²) in [6.45, 7) is 2.18. The van der Waals surface area contributed by atoms with Crippen molar-refractivity contribution in [3.05, 3.63) is 39.5 Å². The van der Waals surface area contributed by atoms with E-state index in [9.17, 15) is 4.79 Å². The first-order chi connectivity index (χ1) is 9.08. The zero-order valence-corrected chi connectivity index (χ0v) is 10.9. The van der Waals surface area contributed by atoms with Crippen LogP contribution in [0.1, 0.15) is 26.8 Å². The summed E-state index contributed by atoms with van der Waals surface area (Å²) in [5.74, 6) is -0.466. The summed E-state index contributed by atoms with van der Waals surface area (Å²) in [6.07, 6.45) is 0. The van der Waals surface area contributed by atoms with Gasteiger partial charge in [-0.15, -0.1) is 11.3 Å². The van der Waals surface area contributed by atoms with E-state index in [1.54, 1.807) is 19.1 Å². The Bertz CT molecular complexity index is 660. The van der Waals surface area contributed by atoms with Crippen molar-refractivity contribution in [2.24, 2.45) is 0 Å². The maximum absolute atomic E-state index is 10.7. The Morgan fingerprint density at radius 3 is 2.95 bits per heavy atom. The minimum absolute atomic E-state index is 0.0386. The summed E-state index contributed by atoms with van der Waals surface area (Å²) in [7, 11) is 0. The fourth-order valence-electron chi connectivity index (χ4n) is 1.48. The number of hydrogen-bond donors (Lipinski definition) is 2. The normalized spacial score (nSPS) is 9.89. The molecule has 0 radical (unpaired) electrons. The number of aromatic carboxylic acids is 1. The van der Waals surface area contributed by atoms with Crippen LogP contribution in [0.4, 0.5) is 5.82 Å². The molecule has 0 saturated heterocycles. The monoisotopic (exact) mass is 274 g/mol. The molecular formula is C12H10N4O2S. The molecule has 7 heteroatoms. The van der Waals surface area contributed by atoms with E-state index in [0.717, 1.165) is 5.69 Å². The molecule has 0 aliphatic carbocycles. The Balaban J connectivity index is 2.08. The van der Waals surface area contributed by atoms with Crippen molar-refractivity contribution in [2.75, 3.05) is 5.32 Å². The average molecular weight is 274 g/mol. The second-order valence-electron chi connectivity index (χ2n) is 3.78. The largest absolute Gasteiger partial charge is 0.476 e. The quantitative estimate of drug-likeness (QED) is 0.885. The number of thiazole rings is 1. The predicted molar refractivity (Wildman–Crippen MR) is 70.1 cm³/mol. The minimum Gasteiger partial charge on any atom is -0.476 e. The molecule has 0 atom stereocenters. The lowest BCUT2D eigenvalue weighted by Crippen LogP contribution is -2.03. The van der Waals surface area contributed by atoms with Gasteiger partial charge in [0.2, 0.25) is 0 Å². The topological polar surface area (TPSA) is 98.9 Å². The molecule has 19 heavy (non-hydrogen) atoms. The molecule has 6 nitrogen and oxygen atoms in total. The summed E-state index contributed by atoms with van der Waals surface area (Å²) < 4.78 is 0. The Morgan fingerprint density at radius 2 is 2.32 bits per heavy atom. The third-order valence-electron chi connectivity index (χ3n) is 2.27. The summed E-state index contributed by atoms with van der Waals surface area (Å²) in [6, 6.07) is 5.38. The minimum atomic E-state index is -1.04. The van der Waals surface area contributed by atoms with Crippen LogP contribution in [0.25, 0.3) is 0 Å². The molecule has 96 valence electrons. The Hall–Kier alpha value is -2.46. The number of carboxylic acids is 1. The number of rotatable bonds is 4. The smallest absolute Gasteiger partial charge is 0.355 e. The molecule has 0 unspecified atom stereocenters. The van der Waals surface area contributed by atoms with E-state index in [1.165, 1.54) is 16.7 Å². The first-order valence-electron chi connectivity index (χ1n) is 5.39. The highest BCUT2D eigenvalue weighted by atomic mass is 32.1. The number of aromatic nitrogens is 2. The molecule has 0 amide bonds. The molecule has 0 aliphatic heterocycles. The van der Waals surface area contributed by atoms with Gasteiger partial charge >= 0.3 is 5.97 Å². The number of hydrogen-bond acceptors (Lipinski definition) is 6. The zero-order valence-electron chi connectivity index (χ0n) is 10.0. The van der Waals surface area contributed by atoms with Crippen LogP contribution < -0.4 is 5.32 Å². The van der Waals surface area contributed by atoms with Crippen molar-refractivity contribution < 1.29 is 9.90 Å². The number of aryl methyl sites for hydroxylation is 1. The van der Waals surface area contributed by atoms with Crippen molar-refractivity contribution in [1.82, 2.24) is 9.97 Å². The van der Waals surface area contributed by atoms with Gasteiger partial charge in [-0.05, 0) is 19.1 Å². The maximum Gasteiger partial charge on any atom is 0.355 e. The van der Waals surface area contributed by atoms with Crippen LogP contribution in [0.15, 0.2) is 17.5 Å². The van der Waals surface area contributed by atoms with E-state index in [2.05, 4.69) is 21.4 Å². The van der Waals surface area contributed by atoms with Crippen molar-refractivity contribution in [1.29, 1.82) is 5.26 Å². The molecule has 2 N–H and O–H groups in total. The maximum atomic E-state index is 10.7. The van der Waals surface area contributed by atoms with Crippen LogP contribution >= 0.6 is 11.3 Å². The van der Waals surface area contributed by atoms with Gasteiger partial charge in [-0.25, -0.2) is 14.8 Å². The summed E-state index contributed by atoms with van der Waals surface area (Å²) in [5, 5.41) is 22.8. The van der Waals surface area contributed by atoms with Gasteiger partial charge < -0.3 is 10.4 Å². The van der Waals surface area contributed by atoms with Crippen LogP contribution in [0.5, 0.6) is 0 Å². The number of carbonyl (C=O) groups is 1. The SMILES string of the molecule is Cc1cc(C#N)cc(NCc2nc(C(=O)O)cs2)n1. The summed E-state index contributed by atoms with van der Waals surface area (Å²) >= 11 is 1.26. The van der Waals surface area contributed by atoms with E-state index in [4.69, 9.17) is 10.4 Å². The molecule has 2 rings (SSSR count). The first-order valence-corrected chi connectivity index (χ1v) is 6.27. The van der Waals surface area contributed by atoms with Crippen LogP contribution in [-0.2, 0) is 6.54 Å². The molecule has 0 aliphatic rings. The second-order valence-corrected chi connectivity index (χ2v) is 4.72. The van der Waals surface area contributed by atoms with Crippen LogP contribution in [0.3, 0.4) is 0 Å². The predicted octanol–water partition coefficient (Wildman–Crippen LogP) is 2.03. The molecule has 0 fully saturated rings. The lowest BCUT2D eigenvalue weighted by atomic mass is 10.2. The van der Waals surface area contributed by atoms with E-state index in [-0.39, 0.29) is 5.69 Å². The molecular weight excluding hydrogens is 264 g/mol. The van der Waals surface area contributed by atoms with Crippen LogP contribution in [-0.4, -0.2) is 21.0 Å². The Morgan fingerprint density at radius 1 is 1.53 bits per heavy atom. The summed E-state index contributed by atoms with van der Waals surface area (Å²) in [5.41, 5.74) is 1.31. The number of carboxylic acid groups (broad SMARTS) is 1. The number of nitrogens with zero attached hydrogens (tertiary/aromatic N) is 3. The zero-order chi connectivity index (χ0) is 13.8. The second kappa shape index (κ2) is 5.46.